The molecule has 28 heavy (non-hydrogen) atoms. The standard InChI is InChI=1S/C21H32N2O4S/c1-27-19-12-11-18(22-21(24)13-10-17-8-4-2-5-9-17)16-20(19)28(25,26)23-14-6-3-7-15-23/h11-12,16-17H,2-10,13-15H2,1H3,(H,22,24). The molecule has 1 aromatic rings. The number of hydrogen-bond donors (Lipinski definition) is 1. The molecule has 2 aliphatic rings. The number of nitrogens with zero attached hydrogens (tertiary/aromatic N) is 1. The van der Waals surface area contributed by atoms with Crippen molar-refractivity contribution in [3.05, 3.63) is 18.2 Å². The third kappa shape index (κ3) is 5.26. The van der Waals surface area contributed by atoms with Gasteiger partial charge in [0.1, 0.15) is 10.6 Å². The van der Waals surface area contributed by atoms with Crippen LogP contribution >= 0.6 is 0 Å². The maximum Gasteiger partial charge on any atom is 0.246 e. The summed E-state index contributed by atoms with van der Waals surface area (Å²) < 4.78 is 32.9. The van der Waals surface area contributed by atoms with Crippen LogP contribution in [0.3, 0.4) is 0 Å². The highest BCUT2D eigenvalue weighted by Gasteiger charge is 2.29. The van der Waals surface area contributed by atoms with E-state index in [1.165, 1.54) is 49.6 Å². The second-order valence-electron chi connectivity index (χ2n) is 7.92. The highest BCUT2D eigenvalue weighted by Crippen LogP contribution is 2.31. The van der Waals surface area contributed by atoms with Gasteiger partial charge in [-0.1, -0.05) is 38.5 Å². The summed E-state index contributed by atoms with van der Waals surface area (Å²) in [5, 5.41) is 2.87. The van der Waals surface area contributed by atoms with Gasteiger partial charge in [0, 0.05) is 25.2 Å². The highest BCUT2D eigenvalue weighted by atomic mass is 32.2. The molecular weight excluding hydrogens is 376 g/mol. The minimum absolute atomic E-state index is 0.0583. The molecule has 2 fully saturated rings. The molecule has 1 saturated carbocycles. The van der Waals surface area contributed by atoms with Crippen molar-refractivity contribution in [1.82, 2.24) is 4.31 Å². The van der Waals surface area contributed by atoms with Gasteiger partial charge in [0.15, 0.2) is 0 Å². The number of hydrogen-bond acceptors (Lipinski definition) is 4. The normalized spacial score (nSPS) is 19.3. The summed E-state index contributed by atoms with van der Waals surface area (Å²) in [6.45, 7) is 1.06. The average molecular weight is 409 g/mol. The maximum absolute atomic E-state index is 13.1. The van der Waals surface area contributed by atoms with E-state index in [4.69, 9.17) is 4.74 Å². The van der Waals surface area contributed by atoms with Crippen LogP contribution in [0.25, 0.3) is 0 Å². The molecule has 1 saturated heterocycles. The molecule has 0 atom stereocenters. The van der Waals surface area contributed by atoms with Crippen LogP contribution in [0, 0.1) is 5.92 Å². The Morgan fingerprint density at radius 1 is 1.11 bits per heavy atom. The molecular formula is C21H32N2O4S. The fraction of sp³-hybridized carbons (Fsp3) is 0.667. The van der Waals surface area contributed by atoms with Crippen LogP contribution in [-0.2, 0) is 14.8 Å². The summed E-state index contributed by atoms with van der Waals surface area (Å²) >= 11 is 0. The van der Waals surface area contributed by atoms with E-state index in [0.717, 1.165) is 25.7 Å². The molecule has 1 N–H and O–H groups in total. The fourth-order valence-electron chi connectivity index (χ4n) is 4.23. The Bertz CT molecular complexity index is 767. The Kier molecular flexibility index (Phi) is 7.35. The van der Waals surface area contributed by atoms with Crippen LogP contribution in [-0.4, -0.2) is 38.8 Å². The van der Waals surface area contributed by atoms with Crippen LogP contribution in [0.2, 0.25) is 0 Å². The SMILES string of the molecule is COc1ccc(NC(=O)CCC2CCCCC2)cc1S(=O)(=O)N1CCCCC1. The summed E-state index contributed by atoms with van der Waals surface area (Å²) in [5.74, 6) is 0.897. The van der Waals surface area contributed by atoms with Gasteiger partial charge in [-0.2, -0.15) is 4.31 Å². The number of ether oxygens (including phenoxy) is 1. The first-order valence-electron chi connectivity index (χ1n) is 10.5. The van der Waals surface area contributed by atoms with E-state index in [0.29, 0.717) is 36.9 Å². The molecule has 0 unspecified atom stereocenters. The first kappa shape index (κ1) is 21.1. The summed E-state index contributed by atoms with van der Waals surface area (Å²) in [6, 6.07) is 4.85. The molecule has 1 amide bonds. The molecule has 0 radical (unpaired) electrons. The molecule has 0 aromatic heterocycles. The van der Waals surface area contributed by atoms with E-state index >= 15 is 0 Å². The molecule has 0 bridgehead atoms. The monoisotopic (exact) mass is 408 g/mol. The largest absolute Gasteiger partial charge is 0.495 e. The number of sulfonamides is 1. The minimum atomic E-state index is -3.64. The van der Waals surface area contributed by atoms with Gasteiger partial charge in [-0.15, -0.1) is 0 Å². The van der Waals surface area contributed by atoms with Gasteiger partial charge in [0.2, 0.25) is 15.9 Å². The lowest BCUT2D eigenvalue weighted by Crippen LogP contribution is -2.35. The first-order valence-corrected chi connectivity index (χ1v) is 11.9. The predicted molar refractivity (Wildman–Crippen MR) is 110 cm³/mol. The van der Waals surface area contributed by atoms with Crippen molar-refractivity contribution in [2.45, 2.75) is 69.1 Å². The topological polar surface area (TPSA) is 75.7 Å². The quantitative estimate of drug-likeness (QED) is 0.735. The Labute approximate surface area is 168 Å². The summed E-state index contributed by atoms with van der Waals surface area (Å²) in [4.78, 5) is 12.5. The van der Waals surface area contributed by atoms with Crippen LogP contribution in [0.1, 0.15) is 64.2 Å². The van der Waals surface area contributed by atoms with Crippen molar-refractivity contribution in [2.24, 2.45) is 5.92 Å². The number of amides is 1. The van der Waals surface area contributed by atoms with Crippen molar-refractivity contribution in [3.8, 4) is 5.75 Å². The van der Waals surface area contributed by atoms with Gasteiger partial charge in [0.25, 0.3) is 0 Å². The van der Waals surface area contributed by atoms with Crippen molar-refractivity contribution >= 4 is 21.6 Å². The number of methoxy groups -OCH3 is 1. The van der Waals surface area contributed by atoms with Gasteiger partial charge in [-0.05, 0) is 43.4 Å². The number of benzene rings is 1. The maximum atomic E-state index is 13.1. The molecule has 1 aliphatic carbocycles. The molecule has 7 heteroatoms. The Balaban J connectivity index is 1.68. The van der Waals surface area contributed by atoms with E-state index in [1.807, 2.05) is 0 Å². The molecule has 0 spiro atoms. The predicted octanol–water partition coefficient (Wildman–Crippen LogP) is 4.17. The number of nitrogens with one attached hydrogen (secondary N) is 1. The molecule has 1 heterocycles. The summed E-state index contributed by atoms with van der Waals surface area (Å²) in [6.07, 6.45) is 10.5. The van der Waals surface area contributed by atoms with Crippen molar-refractivity contribution in [3.63, 3.8) is 0 Å². The minimum Gasteiger partial charge on any atom is -0.495 e. The van der Waals surface area contributed by atoms with Crippen LogP contribution in [0.5, 0.6) is 5.75 Å². The number of carbonyl (C=O) groups is 1. The summed E-state index contributed by atoms with van der Waals surface area (Å²) in [5.41, 5.74) is 0.505. The van der Waals surface area contributed by atoms with Gasteiger partial charge < -0.3 is 10.1 Å². The van der Waals surface area contributed by atoms with Crippen molar-refractivity contribution < 1.29 is 17.9 Å². The number of carbonyl (C=O) groups excluding carboxylic acids is 1. The van der Waals surface area contributed by atoms with Gasteiger partial charge in [-0.3, -0.25) is 4.79 Å². The molecule has 156 valence electrons. The third-order valence-electron chi connectivity index (χ3n) is 5.88. The average Bonchev–Trinajstić information content (AvgIpc) is 2.73. The van der Waals surface area contributed by atoms with Crippen LogP contribution in [0.4, 0.5) is 5.69 Å². The van der Waals surface area contributed by atoms with Crippen molar-refractivity contribution in [2.75, 3.05) is 25.5 Å². The van der Waals surface area contributed by atoms with Gasteiger partial charge in [0.05, 0.1) is 7.11 Å². The zero-order chi connectivity index (χ0) is 20.0. The zero-order valence-electron chi connectivity index (χ0n) is 16.8. The zero-order valence-corrected chi connectivity index (χ0v) is 17.6. The lowest BCUT2D eigenvalue weighted by atomic mass is 9.86. The second-order valence-corrected chi connectivity index (χ2v) is 9.83. The Hall–Kier alpha value is -1.60. The van der Waals surface area contributed by atoms with E-state index in [9.17, 15) is 13.2 Å². The number of rotatable bonds is 7. The van der Waals surface area contributed by atoms with E-state index in [1.54, 1.807) is 12.1 Å². The Morgan fingerprint density at radius 2 is 1.79 bits per heavy atom. The molecule has 6 nitrogen and oxygen atoms in total. The number of anilines is 1. The first-order chi connectivity index (χ1) is 13.5. The summed E-state index contributed by atoms with van der Waals surface area (Å²) in [7, 11) is -2.17. The van der Waals surface area contributed by atoms with E-state index in [-0.39, 0.29) is 10.8 Å². The molecule has 3 rings (SSSR count). The van der Waals surface area contributed by atoms with Crippen LogP contribution < -0.4 is 10.1 Å². The van der Waals surface area contributed by atoms with Gasteiger partial charge in [-0.25, -0.2) is 8.42 Å². The lowest BCUT2D eigenvalue weighted by molar-refractivity contribution is -0.116. The molecule has 1 aromatic carbocycles. The van der Waals surface area contributed by atoms with Gasteiger partial charge >= 0.3 is 0 Å². The highest BCUT2D eigenvalue weighted by molar-refractivity contribution is 7.89. The second kappa shape index (κ2) is 9.74. The fourth-order valence-corrected chi connectivity index (χ4v) is 5.93. The Morgan fingerprint density at radius 3 is 2.46 bits per heavy atom. The smallest absolute Gasteiger partial charge is 0.246 e. The molecule has 1 aliphatic heterocycles. The van der Waals surface area contributed by atoms with E-state index in [2.05, 4.69) is 5.32 Å². The van der Waals surface area contributed by atoms with Crippen molar-refractivity contribution in [1.29, 1.82) is 0 Å². The number of piperidine rings is 1. The lowest BCUT2D eigenvalue weighted by Gasteiger charge is -2.26. The third-order valence-corrected chi connectivity index (χ3v) is 7.80. The van der Waals surface area contributed by atoms with E-state index < -0.39 is 10.0 Å². The van der Waals surface area contributed by atoms with Crippen LogP contribution in [0.15, 0.2) is 23.1 Å².